The zero-order chi connectivity index (χ0) is 13.8. The van der Waals surface area contributed by atoms with Gasteiger partial charge in [0.25, 0.3) is 5.69 Å². The molecule has 102 valence electrons. The van der Waals surface area contributed by atoms with Crippen molar-refractivity contribution in [3.63, 3.8) is 0 Å². The van der Waals surface area contributed by atoms with Gasteiger partial charge in [-0.2, -0.15) is 0 Å². The van der Waals surface area contributed by atoms with Crippen LogP contribution in [0.1, 0.15) is 36.0 Å². The van der Waals surface area contributed by atoms with Crippen molar-refractivity contribution in [3.8, 4) is 0 Å². The molecule has 0 spiro atoms. The smallest absolute Gasteiger partial charge is 0.292 e. The van der Waals surface area contributed by atoms with Crippen molar-refractivity contribution in [1.82, 2.24) is 0 Å². The summed E-state index contributed by atoms with van der Waals surface area (Å²) in [5, 5.41) is 21.9. The Morgan fingerprint density at radius 1 is 1.16 bits per heavy atom. The predicted molar refractivity (Wildman–Crippen MR) is 68.1 cm³/mol. The number of benzene rings is 1. The largest absolute Gasteiger partial charge is 0.545 e. The number of nitro groups is 1. The summed E-state index contributed by atoms with van der Waals surface area (Å²) in [5.74, 6) is -1.31. The monoisotopic (exact) mass is 263 g/mol. The van der Waals surface area contributed by atoms with E-state index >= 15 is 0 Å². The van der Waals surface area contributed by atoms with Crippen molar-refractivity contribution in [2.45, 2.75) is 25.7 Å². The fourth-order valence-corrected chi connectivity index (χ4v) is 2.37. The van der Waals surface area contributed by atoms with E-state index in [-0.39, 0.29) is 11.3 Å². The number of aromatic carboxylic acids is 1. The van der Waals surface area contributed by atoms with Crippen LogP contribution < -0.4 is 10.0 Å². The van der Waals surface area contributed by atoms with E-state index in [1.54, 1.807) is 0 Å². The summed E-state index contributed by atoms with van der Waals surface area (Å²) in [6, 6.07) is 3.80. The van der Waals surface area contributed by atoms with Crippen LogP contribution >= 0.6 is 0 Å². The molecule has 6 nitrogen and oxygen atoms in total. The maximum absolute atomic E-state index is 11.0. The SMILES string of the molecule is O=C([O-])c1ccc([N+](=O)[O-])c(N2CCCCCC2)c1. The summed E-state index contributed by atoms with van der Waals surface area (Å²) in [7, 11) is 0. The van der Waals surface area contributed by atoms with Crippen molar-refractivity contribution in [1.29, 1.82) is 0 Å². The van der Waals surface area contributed by atoms with Crippen LogP contribution in [0.2, 0.25) is 0 Å². The van der Waals surface area contributed by atoms with Gasteiger partial charge in [0.2, 0.25) is 0 Å². The number of carbonyl (C=O) groups excluding carboxylic acids is 1. The average Bonchev–Trinajstić information content (AvgIpc) is 2.66. The topological polar surface area (TPSA) is 86.5 Å². The number of anilines is 1. The molecule has 0 unspecified atom stereocenters. The molecule has 2 rings (SSSR count). The van der Waals surface area contributed by atoms with Crippen molar-refractivity contribution in [3.05, 3.63) is 33.9 Å². The third-order valence-electron chi connectivity index (χ3n) is 3.35. The van der Waals surface area contributed by atoms with Crippen LogP contribution in [0.5, 0.6) is 0 Å². The summed E-state index contributed by atoms with van der Waals surface area (Å²) in [6.45, 7) is 1.44. The van der Waals surface area contributed by atoms with Crippen LogP contribution in [0.25, 0.3) is 0 Å². The van der Waals surface area contributed by atoms with Crippen LogP contribution in [0, 0.1) is 10.1 Å². The summed E-state index contributed by atoms with van der Waals surface area (Å²) < 4.78 is 0. The molecule has 0 aliphatic carbocycles. The molecule has 0 saturated carbocycles. The maximum atomic E-state index is 11.0. The van der Waals surface area contributed by atoms with Gasteiger partial charge in [0, 0.05) is 19.2 Å². The first-order valence-electron chi connectivity index (χ1n) is 6.34. The molecule has 1 aliphatic rings. The van der Waals surface area contributed by atoms with Crippen LogP contribution in [-0.2, 0) is 0 Å². The molecule has 1 aromatic carbocycles. The Morgan fingerprint density at radius 3 is 2.32 bits per heavy atom. The molecule has 0 bridgehead atoms. The predicted octanol–water partition coefficient (Wildman–Crippen LogP) is 1.34. The number of hydrogen-bond acceptors (Lipinski definition) is 5. The number of carboxylic acid groups (broad SMARTS) is 1. The lowest BCUT2D eigenvalue weighted by Crippen LogP contribution is -2.26. The molecule has 0 radical (unpaired) electrons. The van der Waals surface area contributed by atoms with Gasteiger partial charge < -0.3 is 14.8 Å². The van der Waals surface area contributed by atoms with E-state index in [0.717, 1.165) is 38.8 Å². The Balaban J connectivity index is 2.41. The molecule has 6 heteroatoms. The zero-order valence-electron chi connectivity index (χ0n) is 10.5. The highest BCUT2D eigenvalue weighted by Crippen LogP contribution is 2.30. The quantitative estimate of drug-likeness (QED) is 0.606. The highest BCUT2D eigenvalue weighted by Gasteiger charge is 2.21. The van der Waals surface area contributed by atoms with Gasteiger partial charge in [0.1, 0.15) is 5.69 Å². The number of carbonyl (C=O) groups is 1. The van der Waals surface area contributed by atoms with Gasteiger partial charge in [-0.15, -0.1) is 0 Å². The first-order chi connectivity index (χ1) is 9.09. The minimum absolute atomic E-state index is 0.0233. The Bertz CT molecular complexity index is 493. The van der Waals surface area contributed by atoms with E-state index < -0.39 is 10.9 Å². The molecule has 1 saturated heterocycles. The van der Waals surface area contributed by atoms with Crippen molar-refractivity contribution >= 4 is 17.3 Å². The Kier molecular flexibility index (Phi) is 3.99. The van der Waals surface area contributed by atoms with Crippen molar-refractivity contribution in [2.24, 2.45) is 0 Å². The summed E-state index contributed by atoms with van der Waals surface area (Å²) in [5.41, 5.74) is 0.311. The lowest BCUT2D eigenvalue weighted by atomic mass is 10.1. The average molecular weight is 263 g/mol. The summed E-state index contributed by atoms with van der Waals surface area (Å²) in [4.78, 5) is 23.4. The third kappa shape index (κ3) is 3.01. The van der Waals surface area contributed by atoms with E-state index in [9.17, 15) is 20.0 Å². The highest BCUT2D eigenvalue weighted by molar-refractivity contribution is 5.88. The summed E-state index contributed by atoms with van der Waals surface area (Å²) >= 11 is 0. The minimum Gasteiger partial charge on any atom is -0.545 e. The summed E-state index contributed by atoms with van der Waals surface area (Å²) in [6.07, 6.45) is 4.13. The van der Waals surface area contributed by atoms with Crippen molar-refractivity contribution in [2.75, 3.05) is 18.0 Å². The number of nitro benzene ring substituents is 1. The molecule has 1 aliphatic heterocycles. The van der Waals surface area contributed by atoms with Crippen LogP contribution in [0.15, 0.2) is 18.2 Å². The zero-order valence-corrected chi connectivity index (χ0v) is 10.5. The first kappa shape index (κ1) is 13.3. The number of rotatable bonds is 3. The molecule has 0 amide bonds. The molecule has 19 heavy (non-hydrogen) atoms. The van der Waals surface area contributed by atoms with Gasteiger partial charge in [-0.25, -0.2) is 0 Å². The van der Waals surface area contributed by atoms with Crippen molar-refractivity contribution < 1.29 is 14.8 Å². The van der Waals surface area contributed by atoms with Crippen LogP contribution in [-0.4, -0.2) is 24.0 Å². The van der Waals surface area contributed by atoms with Crippen LogP contribution in [0.3, 0.4) is 0 Å². The Labute approximate surface area is 110 Å². The van der Waals surface area contributed by atoms with Gasteiger partial charge in [0.05, 0.1) is 10.9 Å². The number of carboxylic acids is 1. The molecule has 1 heterocycles. The lowest BCUT2D eigenvalue weighted by molar-refractivity contribution is -0.384. The standard InChI is InChI=1S/C13H16N2O4/c16-13(17)10-5-6-11(15(18)19)12(9-10)14-7-3-1-2-4-8-14/h5-6,9H,1-4,7-8H2,(H,16,17)/p-1. The van der Waals surface area contributed by atoms with E-state index in [2.05, 4.69) is 0 Å². The molecule has 0 aromatic heterocycles. The molecular weight excluding hydrogens is 248 g/mol. The molecule has 0 N–H and O–H groups in total. The van der Waals surface area contributed by atoms with E-state index in [1.807, 2.05) is 4.90 Å². The maximum Gasteiger partial charge on any atom is 0.292 e. The third-order valence-corrected chi connectivity index (χ3v) is 3.35. The highest BCUT2D eigenvalue weighted by atomic mass is 16.6. The van der Waals surface area contributed by atoms with Gasteiger partial charge in [0.15, 0.2) is 0 Å². The fourth-order valence-electron chi connectivity index (χ4n) is 2.37. The first-order valence-corrected chi connectivity index (χ1v) is 6.34. The van der Waals surface area contributed by atoms with Gasteiger partial charge in [-0.1, -0.05) is 12.8 Å². The lowest BCUT2D eigenvalue weighted by Gasteiger charge is -2.23. The minimum atomic E-state index is -1.31. The van der Waals surface area contributed by atoms with Gasteiger partial charge in [-0.05, 0) is 30.5 Å². The molecule has 1 aromatic rings. The Hall–Kier alpha value is -2.11. The number of hydrogen-bond donors (Lipinski definition) is 0. The normalized spacial score (nSPS) is 15.9. The van der Waals surface area contributed by atoms with E-state index in [0.29, 0.717) is 5.69 Å². The second-order valence-corrected chi connectivity index (χ2v) is 4.65. The second-order valence-electron chi connectivity index (χ2n) is 4.65. The van der Waals surface area contributed by atoms with E-state index in [1.165, 1.54) is 18.2 Å². The van der Waals surface area contributed by atoms with Gasteiger partial charge in [-0.3, -0.25) is 10.1 Å². The second kappa shape index (κ2) is 5.69. The number of nitrogens with zero attached hydrogens (tertiary/aromatic N) is 2. The molecule has 1 fully saturated rings. The Morgan fingerprint density at radius 2 is 1.79 bits per heavy atom. The molecule has 0 atom stereocenters. The van der Waals surface area contributed by atoms with Crippen LogP contribution in [0.4, 0.5) is 11.4 Å². The van der Waals surface area contributed by atoms with E-state index in [4.69, 9.17) is 0 Å². The van der Waals surface area contributed by atoms with Gasteiger partial charge >= 0.3 is 0 Å². The fraction of sp³-hybridized carbons (Fsp3) is 0.462. The molecular formula is C13H15N2O4-.